The summed E-state index contributed by atoms with van der Waals surface area (Å²) in [5.74, 6) is 0.846. The van der Waals surface area contributed by atoms with Crippen LogP contribution in [0.1, 0.15) is 40.5 Å². The number of rotatable bonds is 7. The Labute approximate surface area is 87.6 Å². The number of carbonyl (C=O) groups excluding carboxylic acids is 1. The summed E-state index contributed by atoms with van der Waals surface area (Å²) in [5, 5.41) is 6.12. The Hall–Kier alpha value is -0.570. The Morgan fingerprint density at radius 1 is 1.29 bits per heavy atom. The van der Waals surface area contributed by atoms with Gasteiger partial charge in [-0.3, -0.25) is 4.79 Å². The van der Waals surface area contributed by atoms with E-state index in [4.69, 9.17) is 0 Å². The van der Waals surface area contributed by atoms with Gasteiger partial charge in [-0.05, 0) is 26.2 Å². The van der Waals surface area contributed by atoms with Crippen LogP contribution in [-0.4, -0.2) is 25.0 Å². The number of nitrogens with one attached hydrogen (secondary N) is 2. The molecule has 0 bridgehead atoms. The summed E-state index contributed by atoms with van der Waals surface area (Å²) in [6.07, 6.45) is 1.74. The first-order valence-corrected chi connectivity index (χ1v) is 5.56. The van der Waals surface area contributed by atoms with Gasteiger partial charge in [0.05, 0.1) is 0 Å². The van der Waals surface area contributed by atoms with Crippen molar-refractivity contribution in [3.63, 3.8) is 0 Å². The van der Waals surface area contributed by atoms with Crippen LogP contribution in [0.2, 0.25) is 0 Å². The van der Waals surface area contributed by atoms with Crippen molar-refractivity contribution in [3.8, 4) is 0 Å². The van der Waals surface area contributed by atoms with Crippen LogP contribution in [0.4, 0.5) is 0 Å². The fourth-order valence-corrected chi connectivity index (χ4v) is 1.51. The van der Waals surface area contributed by atoms with Gasteiger partial charge in [0.2, 0.25) is 5.91 Å². The SMILES string of the molecule is CCNC(=O)CCNC(C)CC(C)C. The molecule has 3 nitrogen and oxygen atoms in total. The van der Waals surface area contributed by atoms with Gasteiger partial charge in [-0.2, -0.15) is 0 Å². The summed E-state index contributed by atoms with van der Waals surface area (Å²) in [6.45, 7) is 10.0. The molecule has 0 heterocycles. The lowest BCUT2D eigenvalue weighted by Gasteiger charge is -2.15. The fraction of sp³-hybridized carbons (Fsp3) is 0.909. The van der Waals surface area contributed by atoms with E-state index in [1.807, 2.05) is 6.92 Å². The highest BCUT2D eigenvalue weighted by molar-refractivity contribution is 5.75. The van der Waals surface area contributed by atoms with Crippen LogP contribution in [0, 0.1) is 5.92 Å². The van der Waals surface area contributed by atoms with Crippen molar-refractivity contribution in [3.05, 3.63) is 0 Å². The molecule has 3 heteroatoms. The maximum absolute atomic E-state index is 11.1. The number of hydrogen-bond donors (Lipinski definition) is 2. The molecule has 0 aliphatic carbocycles. The van der Waals surface area contributed by atoms with E-state index in [2.05, 4.69) is 31.4 Å². The predicted octanol–water partition coefficient (Wildman–Crippen LogP) is 1.54. The molecule has 0 spiro atoms. The van der Waals surface area contributed by atoms with Gasteiger partial charge in [-0.25, -0.2) is 0 Å². The summed E-state index contributed by atoms with van der Waals surface area (Å²) >= 11 is 0. The Balaban J connectivity index is 3.39. The zero-order valence-electron chi connectivity index (χ0n) is 9.89. The van der Waals surface area contributed by atoms with Gasteiger partial charge in [-0.15, -0.1) is 0 Å². The predicted molar refractivity (Wildman–Crippen MR) is 60.2 cm³/mol. The Morgan fingerprint density at radius 3 is 2.43 bits per heavy atom. The molecule has 84 valence electrons. The molecule has 0 aliphatic rings. The number of amides is 1. The highest BCUT2D eigenvalue weighted by atomic mass is 16.1. The van der Waals surface area contributed by atoms with Crippen molar-refractivity contribution in [1.82, 2.24) is 10.6 Å². The summed E-state index contributed by atoms with van der Waals surface area (Å²) in [6, 6.07) is 0.504. The van der Waals surface area contributed by atoms with E-state index in [0.29, 0.717) is 18.4 Å². The lowest BCUT2D eigenvalue weighted by atomic mass is 10.1. The van der Waals surface area contributed by atoms with E-state index in [1.165, 1.54) is 0 Å². The minimum absolute atomic E-state index is 0.136. The van der Waals surface area contributed by atoms with Crippen LogP contribution in [0.5, 0.6) is 0 Å². The zero-order valence-corrected chi connectivity index (χ0v) is 9.89. The van der Waals surface area contributed by atoms with Crippen molar-refractivity contribution >= 4 is 5.91 Å². The standard InChI is InChI=1S/C11H24N2O/c1-5-12-11(14)6-7-13-10(4)8-9(2)3/h9-10,13H,5-8H2,1-4H3,(H,12,14). The molecular weight excluding hydrogens is 176 g/mol. The third-order valence-corrected chi connectivity index (χ3v) is 2.04. The van der Waals surface area contributed by atoms with Gasteiger partial charge in [0.15, 0.2) is 0 Å². The average Bonchev–Trinajstić information content (AvgIpc) is 2.02. The van der Waals surface area contributed by atoms with E-state index in [1.54, 1.807) is 0 Å². The lowest BCUT2D eigenvalue weighted by Crippen LogP contribution is -2.32. The summed E-state index contributed by atoms with van der Waals surface area (Å²) in [5.41, 5.74) is 0. The molecule has 2 N–H and O–H groups in total. The van der Waals surface area contributed by atoms with Crippen molar-refractivity contribution in [2.45, 2.75) is 46.6 Å². The molecule has 0 saturated carbocycles. The van der Waals surface area contributed by atoms with Crippen molar-refractivity contribution in [1.29, 1.82) is 0 Å². The van der Waals surface area contributed by atoms with Gasteiger partial charge in [0.1, 0.15) is 0 Å². The second-order valence-electron chi connectivity index (χ2n) is 4.19. The molecule has 1 unspecified atom stereocenters. The summed E-state index contributed by atoms with van der Waals surface area (Å²) in [4.78, 5) is 11.1. The fourth-order valence-electron chi connectivity index (χ4n) is 1.51. The largest absolute Gasteiger partial charge is 0.356 e. The van der Waals surface area contributed by atoms with E-state index in [0.717, 1.165) is 19.5 Å². The lowest BCUT2D eigenvalue weighted by molar-refractivity contribution is -0.120. The molecule has 0 rings (SSSR count). The maximum Gasteiger partial charge on any atom is 0.221 e. The van der Waals surface area contributed by atoms with Gasteiger partial charge in [-0.1, -0.05) is 13.8 Å². The normalized spacial score (nSPS) is 12.9. The number of hydrogen-bond acceptors (Lipinski definition) is 2. The van der Waals surface area contributed by atoms with Crippen LogP contribution in [0.3, 0.4) is 0 Å². The Morgan fingerprint density at radius 2 is 1.93 bits per heavy atom. The van der Waals surface area contributed by atoms with E-state index >= 15 is 0 Å². The second kappa shape index (κ2) is 7.80. The monoisotopic (exact) mass is 200 g/mol. The molecule has 0 saturated heterocycles. The van der Waals surface area contributed by atoms with E-state index in [9.17, 15) is 4.79 Å². The first kappa shape index (κ1) is 13.4. The molecule has 0 radical (unpaired) electrons. The molecular formula is C11H24N2O. The van der Waals surface area contributed by atoms with Crippen LogP contribution < -0.4 is 10.6 Å². The first-order valence-electron chi connectivity index (χ1n) is 5.56. The minimum atomic E-state index is 0.136. The topological polar surface area (TPSA) is 41.1 Å². The van der Waals surface area contributed by atoms with E-state index in [-0.39, 0.29) is 5.91 Å². The van der Waals surface area contributed by atoms with E-state index < -0.39 is 0 Å². The van der Waals surface area contributed by atoms with Gasteiger partial charge < -0.3 is 10.6 Å². The third kappa shape index (κ3) is 8.05. The first-order chi connectivity index (χ1) is 6.56. The summed E-state index contributed by atoms with van der Waals surface area (Å²) in [7, 11) is 0. The molecule has 0 aromatic rings. The van der Waals surface area contributed by atoms with Crippen LogP contribution in [0.15, 0.2) is 0 Å². The van der Waals surface area contributed by atoms with Gasteiger partial charge in [0.25, 0.3) is 0 Å². The Kier molecular flexibility index (Phi) is 7.48. The number of carbonyl (C=O) groups is 1. The molecule has 1 amide bonds. The highest BCUT2D eigenvalue weighted by Crippen LogP contribution is 2.03. The van der Waals surface area contributed by atoms with Gasteiger partial charge >= 0.3 is 0 Å². The average molecular weight is 200 g/mol. The van der Waals surface area contributed by atoms with Crippen LogP contribution in [0.25, 0.3) is 0 Å². The van der Waals surface area contributed by atoms with Crippen molar-refractivity contribution in [2.24, 2.45) is 5.92 Å². The molecule has 0 fully saturated rings. The van der Waals surface area contributed by atoms with Crippen molar-refractivity contribution < 1.29 is 4.79 Å². The zero-order chi connectivity index (χ0) is 11.0. The smallest absolute Gasteiger partial charge is 0.221 e. The minimum Gasteiger partial charge on any atom is -0.356 e. The van der Waals surface area contributed by atoms with Crippen LogP contribution >= 0.6 is 0 Å². The summed E-state index contributed by atoms with van der Waals surface area (Å²) < 4.78 is 0. The highest BCUT2D eigenvalue weighted by Gasteiger charge is 2.05. The third-order valence-electron chi connectivity index (χ3n) is 2.04. The maximum atomic E-state index is 11.1. The van der Waals surface area contributed by atoms with Crippen molar-refractivity contribution in [2.75, 3.05) is 13.1 Å². The molecule has 0 aliphatic heterocycles. The quantitative estimate of drug-likeness (QED) is 0.654. The molecule has 1 atom stereocenters. The second-order valence-corrected chi connectivity index (χ2v) is 4.19. The molecule has 0 aromatic heterocycles. The van der Waals surface area contributed by atoms with Crippen LogP contribution in [-0.2, 0) is 4.79 Å². The van der Waals surface area contributed by atoms with Gasteiger partial charge in [0, 0.05) is 25.6 Å². The Bertz CT molecular complexity index is 157. The molecule has 14 heavy (non-hydrogen) atoms. The molecule has 0 aromatic carbocycles.